The normalized spacial score (nSPS) is 17.2. The summed E-state index contributed by atoms with van der Waals surface area (Å²) < 4.78 is 0. The van der Waals surface area contributed by atoms with Crippen molar-refractivity contribution in [1.29, 1.82) is 0 Å². The summed E-state index contributed by atoms with van der Waals surface area (Å²) in [5.74, 6) is 0.935. The molecule has 2 nitrogen and oxygen atoms in total. The van der Waals surface area contributed by atoms with E-state index in [0.717, 1.165) is 24.6 Å². The van der Waals surface area contributed by atoms with Crippen LogP contribution in [0.3, 0.4) is 0 Å². The number of hydrogen-bond acceptors (Lipinski definition) is 2. The fourth-order valence-corrected chi connectivity index (χ4v) is 2.97. The number of nitrogens with two attached hydrogens (primary N) is 1. The molecule has 0 radical (unpaired) electrons. The van der Waals surface area contributed by atoms with Gasteiger partial charge in [-0.2, -0.15) is 0 Å². The zero-order valence-corrected chi connectivity index (χ0v) is 11.6. The van der Waals surface area contributed by atoms with Crippen molar-refractivity contribution in [2.24, 2.45) is 5.92 Å². The van der Waals surface area contributed by atoms with Crippen molar-refractivity contribution >= 4 is 5.69 Å². The highest BCUT2D eigenvalue weighted by Crippen LogP contribution is 2.24. The van der Waals surface area contributed by atoms with Crippen molar-refractivity contribution in [1.82, 2.24) is 4.90 Å². The molecule has 1 saturated carbocycles. The molecule has 18 heavy (non-hydrogen) atoms. The maximum absolute atomic E-state index is 5.80. The molecule has 0 heterocycles. The number of anilines is 1. The maximum atomic E-state index is 5.80. The third kappa shape index (κ3) is 4.34. The van der Waals surface area contributed by atoms with E-state index < -0.39 is 0 Å². The van der Waals surface area contributed by atoms with E-state index in [4.69, 9.17) is 5.73 Å². The van der Waals surface area contributed by atoms with Gasteiger partial charge in [-0.3, -0.25) is 0 Å². The summed E-state index contributed by atoms with van der Waals surface area (Å²) in [5.41, 5.74) is 8.03. The van der Waals surface area contributed by atoms with Gasteiger partial charge in [-0.05, 0) is 49.9 Å². The van der Waals surface area contributed by atoms with E-state index in [1.165, 1.54) is 44.2 Å². The quantitative estimate of drug-likeness (QED) is 0.808. The first-order chi connectivity index (χ1) is 8.74. The summed E-state index contributed by atoms with van der Waals surface area (Å²) in [6.07, 6.45) is 8.30. The smallest absolute Gasteiger partial charge is 0.0316 e. The van der Waals surface area contributed by atoms with Crippen molar-refractivity contribution < 1.29 is 0 Å². The lowest BCUT2D eigenvalue weighted by atomic mass is 9.89. The molecule has 2 N–H and O–H groups in total. The van der Waals surface area contributed by atoms with Gasteiger partial charge in [0.05, 0.1) is 0 Å². The molecule has 0 bridgehead atoms. The first kappa shape index (κ1) is 13.4. The Morgan fingerprint density at radius 3 is 2.72 bits per heavy atom. The Hall–Kier alpha value is -1.02. The Balaban J connectivity index is 1.72. The van der Waals surface area contributed by atoms with Gasteiger partial charge >= 0.3 is 0 Å². The molecule has 1 fully saturated rings. The molecule has 0 atom stereocenters. The number of hydrogen-bond donors (Lipinski definition) is 1. The number of nitrogens with zero attached hydrogens (tertiary/aromatic N) is 1. The lowest BCUT2D eigenvalue weighted by Crippen LogP contribution is -2.28. The summed E-state index contributed by atoms with van der Waals surface area (Å²) in [6, 6.07) is 8.26. The topological polar surface area (TPSA) is 29.3 Å². The summed E-state index contributed by atoms with van der Waals surface area (Å²) >= 11 is 0. The van der Waals surface area contributed by atoms with Crippen LogP contribution in [0.15, 0.2) is 24.3 Å². The van der Waals surface area contributed by atoms with E-state index in [9.17, 15) is 0 Å². The standard InChI is InChI=1S/C16H26N2/c1-18(13-15-6-3-2-4-7-15)11-10-14-8-5-9-16(17)12-14/h5,8-9,12,15H,2-4,6-7,10-11,13,17H2,1H3. The molecule has 1 aromatic rings. The average molecular weight is 246 g/mol. The lowest BCUT2D eigenvalue weighted by Gasteiger charge is -2.27. The van der Waals surface area contributed by atoms with E-state index in [1.807, 2.05) is 12.1 Å². The van der Waals surface area contributed by atoms with Gasteiger partial charge in [0.25, 0.3) is 0 Å². The second-order valence-electron chi connectivity index (χ2n) is 5.76. The van der Waals surface area contributed by atoms with Crippen molar-refractivity contribution in [3.8, 4) is 0 Å². The van der Waals surface area contributed by atoms with Gasteiger partial charge in [0.15, 0.2) is 0 Å². The van der Waals surface area contributed by atoms with Crippen LogP contribution in [-0.2, 0) is 6.42 Å². The zero-order chi connectivity index (χ0) is 12.8. The molecule has 0 amide bonds. The molecule has 2 heteroatoms. The Kier molecular flexibility index (Phi) is 5.06. The minimum absolute atomic E-state index is 0.877. The van der Waals surface area contributed by atoms with E-state index in [2.05, 4.69) is 24.1 Å². The van der Waals surface area contributed by atoms with Gasteiger partial charge in [0.1, 0.15) is 0 Å². The zero-order valence-electron chi connectivity index (χ0n) is 11.6. The van der Waals surface area contributed by atoms with Crippen LogP contribution in [0.4, 0.5) is 5.69 Å². The first-order valence-electron chi connectivity index (χ1n) is 7.27. The monoisotopic (exact) mass is 246 g/mol. The largest absolute Gasteiger partial charge is 0.399 e. The first-order valence-corrected chi connectivity index (χ1v) is 7.27. The van der Waals surface area contributed by atoms with Crippen molar-refractivity contribution in [2.75, 3.05) is 25.9 Å². The van der Waals surface area contributed by atoms with Gasteiger partial charge in [0, 0.05) is 18.8 Å². The molecule has 2 rings (SSSR count). The van der Waals surface area contributed by atoms with Gasteiger partial charge < -0.3 is 10.6 Å². The summed E-state index contributed by atoms with van der Waals surface area (Å²) in [4.78, 5) is 2.49. The van der Waals surface area contributed by atoms with Crippen LogP contribution in [-0.4, -0.2) is 25.0 Å². The molecule has 0 aromatic heterocycles. The number of likely N-dealkylation sites (N-methyl/N-ethyl adjacent to an activating group) is 1. The highest BCUT2D eigenvalue weighted by Gasteiger charge is 2.14. The van der Waals surface area contributed by atoms with Crippen LogP contribution in [0.1, 0.15) is 37.7 Å². The molecular formula is C16H26N2. The SMILES string of the molecule is CN(CCc1cccc(N)c1)CC1CCCCC1. The Labute approximate surface area is 111 Å². The molecule has 0 aliphatic heterocycles. The van der Waals surface area contributed by atoms with Crippen molar-refractivity contribution in [3.05, 3.63) is 29.8 Å². The second kappa shape index (κ2) is 6.79. The van der Waals surface area contributed by atoms with Crippen LogP contribution in [0.2, 0.25) is 0 Å². The molecule has 1 aromatic carbocycles. The minimum atomic E-state index is 0.877. The predicted molar refractivity (Wildman–Crippen MR) is 78.6 cm³/mol. The molecule has 1 aliphatic rings. The lowest BCUT2D eigenvalue weighted by molar-refractivity contribution is 0.235. The van der Waals surface area contributed by atoms with Gasteiger partial charge in [-0.25, -0.2) is 0 Å². The van der Waals surface area contributed by atoms with E-state index in [0.29, 0.717) is 0 Å². The Morgan fingerprint density at radius 2 is 2.00 bits per heavy atom. The van der Waals surface area contributed by atoms with E-state index in [-0.39, 0.29) is 0 Å². The highest BCUT2D eigenvalue weighted by atomic mass is 15.1. The number of benzene rings is 1. The van der Waals surface area contributed by atoms with Gasteiger partial charge in [-0.15, -0.1) is 0 Å². The van der Waals surface area contributed by atoms with E-state index in [1.54, 1.807) is 0 Å². The molecule has 0 saturated heterocycles. The molecular weight excluding hydrogens is 220 g/mol. The third-order valence-corrected chi connectivity index (χ3v) is 4.03. The predicted octanol–water partition coefficient (Wildman–Crippen LogP) is 3.32. The summed E-state index contributed by atoms with van der Waals surface area (Å²) in [7, 11) is 2.25. The molecule has 0 spiro atoms. The van der Waals surface area contributed by atoms with Crippen molar-refractivity contribution in [3.63, 3.8) is 0 Å². The van der Waals surface area contributed by atoms with Crippen LogP contribution >= 0.6 is 0 Å². The average Bonchev–Trinajstić information content (AvgIpc) is 2.38. The Morgan fingerprint density at radius 1 is 1.22 bits per heavy atom. The van der Waals surface area contributed by atoms with Gasteiger partial charge in [0.2, 0.25) is 0 Å². The summed E-state index contributed by atoms with van der Waals surface area (Å²) in [6.45, 7) is 2.41. The number of nitrogen functional groups attached to an aromatic ring is 1. The van der Waals surface area contributed by atoms with Crippen LogP contribution < -0.4 is 5.73 Å². The molecule has 0 unspecified atom stereocenters. The highest BCUT2D eigenvalue weighted by molar-refractivity contribution is 5.40. The fraction of sp³-hybridized carbons (Fsp3) is 0.625. The van der Waals surface area contributed by atoms with Crippen molar-refractivity contribution in [2.45, 2.75) is 38.5 Å². The molecule has 100 valence electrons. The Bertz CT molecular complexity index is 356. The van der Waals surface area contributed by atoms with Crippen LogP contribution in [0, 0.1) is 5.92 Å². The fourth-order valence-electron chi connectivity index (χ4n) is 2.97. The second-order valence-corrected chi connectivity index (χ2v) is 5.76. The van der Waals surface area contributed by atoms with E-state index >= 15 is 0 Å². The van der Waals surface area contributed by atoms with Gasteiger partial charge in [-0.1, -0.05) is 31.4 Å². The molecule has 1 aliphatic carbocycles. The van der Waals surface area contributed by atoms with Crippen LogP contribution in [0.5, 0.6) is 0 Å². The maximum Gasteiger partial charge on any atom is 0.0316 e. The van der Waals surface area contributed by atoms with Crippen LogP contribution in [0.25, 0.3) is 0 Å². The number of rotatable bonds is 5. The minimum Gasteiger partial charge on any atom is -0.399 e. The summed E-state index contributed by atoms with van der Waals surface area (Å²) in [5, 5.41) is 0. The third-order valence-electron chi connectivity index (χ3n) is 4.03.